The van der Waals surface area contributed by atoms with Gasteiger partial charge in [0.05, 0.1) is 11.2 Å². The highest BCUT2D eigenvalue weighted by Gasteiger charge is 2.39. The first kappa shape index (κ1) is 13.7. The fraction of sp³-hybridized carbons (Fsp3) is 0.400. The van der Waals surface area contributed by atoms with Crippen LogP contribution in [0.1, 0.15) is 36.5 Å². The van der Waals surface area contributed by atoms with Gasteiger partial charge in [-0.1, -0.05) is 5.16 Å². The summed E-state index contributed by atoms with van der Waals surface area (Å²) in [5.41, 5.74) is 6.68. The van der Waals surface area contributed by atoms with E-state index in [9.17, 15) is 0 Å². The minimum absolute atomic E-state index is 0.415. The van der Waals surface area contributed by atoms with E-state index in [-0.39, 0.29) is 0 Å². The summed E-state index contributed by atoms with van der Waals surface area (Å²) in [7, 11) is 0. The normalized spacial score (nSPS) is 16.7. The molecule has 0 saturated heterocycles. The predicted molar refractivity (Wildman–Crippen MR) is 82.3 cm³/mol. The fourth-order valence-corrected chi connectivity index (χ4v) is 3.50. The van der Waals surface area contributed by atoms with Gasteiger partial charge in [-0.15, -0.1) is 11.3 Å². The van der Waals surface area contributed by atoms with Gasteiger partial charge in [-0.2, -0.15) is 4.98 Å². The van der Waals surface area contributed by atoms with Gasteiger partial charge < -0.3 is 14.7 Å². The van der Waals surface area contributed by atoms with Gasteiger partial charge in [0.1, 0.15) is 10.6 Å². The maximum Gasteiger partial charge on any atom is 0.270 e. The second-order valence-electron chi connectivity index (χ2n) is 5.78. The van der Waals surface area contributed by atoms with Crippen molar-refractivity contribution in [3.63, 3.8) is 0 Å². The summed E-state index contributed by atoms with van der Waals surface area (Å²) in [6, 6.07) is 3.84. The molecule has 0 bridgehead atoms. The maximum absolute atomic E-state index is 6.24. The van der Waals surface area contributed by atoms with Crippen molar-refractivity contribution in [3.8, 4) is 21.5 Å². The number of nitrogens with zero attached hydrogens (tertiary/aromatic N) is 3. The smallest absolute Gasteiger partial charge is 0.270 e. The Hall–Kier alpha value is -1.99. The Balaban J connectivity index is 1.70. The van der Waals surface area contributed by atoms with Crippen molar-refractivity contribution in [2.75, 3.05) is 0 Å². The molecule has 0 radical (unpaired) electrons. The van der Waals surface area contributed by atoms with Crippen LogP contribution in [0.25, 0.3) is 21.5 Å². The number of rotatable bonds is 3. The molecule has 114 valence electrons. The third-order valence-corrected chi connectivity index (χ3v) is 5.22. The molecule has 3 aromatic heterocycles. The number of thiazole rings is 1. The van der Waals surface area contributed by atoms with Gasteiger partial charge >= 0.3 is 0 Å². The molecule has 0 aliphatic heterocycles. The number of aryl methyl sites for hydroxylation is 2. The Morgan fingerprint density at radius 1 is 1.23 bits per heavy atom. The van der Waals surface area contributed by atoms with Crippen LogP contribution in [0.3, 0.4) is 0 Å². The molecular weight excluding hydrogens is 300 g/mol. The first-order valence-corrected chi connectivity index (χ1v) is 8.04. The zero-order valence-electron chi connectivity index (χ0n) is 12.4. The van der Waals surface area contributed by atoms with Crippen LogP contribution in [0.2, 0.25) is 0 Å². The number of furan rings is 1. The van der Waals surface area contributed by atoms with Gasteiger partial charge in [0, 0.05) is 0 Å². The summed E-state index contributed by atoms with van der Waals surface area (Å²) in [5.74, 6) is 2.69. The Labute approximate surface area is 131 Å². The molecule has 22 heavy (non-hydrogen) atoms. The molecule has 0 aromatic carbocycles. The lowest BCUT2D eigenvalue weighted by atomic mass is 9.77. The van der Waals surface area contributed by atoms with Crippen molar-refractivity contribution >= 4 is 11.3 Å². The SMILES string of the molecule is Cc1ccc(-c2nc(C)c(-c3nc(C4(N)CCC4)no3)s2)o1. The number of aromatic nitrogens is 3. The summed E-state index contributed by atoms with van der Waals surface area (Å²) in [6.07, 6.45) is 2.93. The van der Waals surface area contributed by atoms with Crippen molar-refractivity contribution in [2.45, 2.75) is 38.6 Å². The molecule has 0 spiro atoms. The van der Waals surface area contributed by atoms with Gasteiger partial charge in [0.15, 0.2) is 16.6 Å². The zero-order valence-corrected chi connectivity index (χ0v) is 13.2. The lowest BCUT2D eigenvalue weighted by Gasteiger charge is -2.34. The van der Waals surface area contributed by atoms with E-state index in [0.717, 1.165) is 46.4 Å². The minimum atomic E-state index is -0.415. The Bertz CT molecular complexity index is 828. The summed E-state index contributed by atoms with van der Waals surface area (Å²) < 4.78 is 11.0. The van der Waals surface area contributed by atoms with E-state index < -0.39 is 5.54 Å². The van der Waals surface area contributed by atoms with Gasteiger partial charge in [-0.05, 0) is 45.2 Å². The third kappa shape index (κ3) is 2.08. The van der Waals surface area contributed by atoms with Crippen LogP contribution in [-0.2, 0) is 5.54 Å². The Morgan fingerprint density at radius 2 is 2.05 bits per heavy atom. The topological polar surface area (TPSA) is 91.0 Å². The van der Waals surface area contributed by atoms with Crippen LogP contribution in [0.4, 0.5) is 0 Å². The highest BCUT2D eigenvalue weighted by molar-refractivity contribution is 7.18. The van der Waals surface area contributed by atoms with E-state index >= 15 is 0 Å². The molecule has 0 unspecified atom stereocenters. The quantitative estimate of drug-likeness (QED) is 0.796. The van der Waals surface area contributed by atoms with Crippen LogP contribution in [0.15, 0.2) is 21.1 Å². The summed E-state index contributed by atoms with van der Waals surface area (Å²) in [4.78, 5) is 9.89. The molecule has 1 aliphatic carbocycles. The van der Waals surface area contributed by atoms with Crippen molar-refractivity contribution in [2.24, 2.45) is 5.73 Å². The lowest BCUT2D eigenvalue weighted by Crippen LogP contribution is -2.44. The summed E-state index contributed by atoms with van der Waals surface area (Å²) >= 11 is 1.49. The molecule has 6 nitrogen and oxygen atoms in total. The largest absolute Gasteiger partial charge is 0.459 e. The third-order valence-electron chi connectivity index (χ3n) is 4.06. The Kier molecular flexibility index (Phi) is 2.95. The highest BCUT2D eigenvalue weighted by atomic mass is 32.1. The molecule has 1 aliphatic rings. The van der Waals surface area contributed by atoms with E-state index in [2.05, 4.69) is 15.1 Å². The van der Waals surface area contributed by atoms with E-state index in [1.165, 1.54) is 11.3 Å². The van der Waals surface area contributed by atoms with Gasteiger partial charge in [-0.3, -0.25) is 0 Å². The summed E-state index contributed by atoms with van der Waals surface area (Å²) in [6.45, 7) is 3.84. The first-order valence-electron chi connectivity index (χ1n) is 7.23. The number of nitrogens with two attached hydrogens (primary N) is 1. The molecule has 1 saturated carbocycles. The molecule has 1 fully saturated rings. The molecule has 0 atom stereocenters. The van der Waals surface area contributed by atoms with Crippen molar-refractivity contribution in [1.29, 1.82) is 0 Å². The van der Waals surface area contributed by atoms with Gasteiger partial charge in [0.25, 0.3) is 5.89 Å². The molecule has 2 N–H and O–H groups in total. The van der Waals surface area contributed by atoms with E-state index in [4.69, 9.17) is 14.7 Å². The number of hydrogen-bond donors (Lipinski definition) is 1. The number of hydrogen-bond acceptors (Lipinski definition) is 7. The summed E-state index contributed by atoms with van der Waals surface area (Å²) in [5, 5.41) is 4.87. The second-order valence-corrected chi connectivity index (χ2v) is 6.78. The average molecular weight is 316 g/mol. The van der Waals surface area contributed by atoms with Crippen LogP contribution in [0, 0.1) is 13.8 Å². The van der Waals surface area contributed by atoms with Crippen molar-refractivity contribution in [1.82, 2.24) is 15.1 Å². The second kappa shape index (κ2) is 4.76. The van der Waals surface area contributed by atoms with Crippen molar-refractivity contribution in [3.05, 3.63) is 29.4 Å². The van der Waals surface area contributed by atoms with Crippen LogP contribution < -0.4 is 5.73 Å². The molecule has 3 aromatic rings. The van der Waals surface area contributed by atoms with Crippen molar-refractivity contribution < 1.29 is 8.94 Å². The lowest BCUT2D eigenvalue weighted by molar-refractivity contribution is 0.229. The van der Waals surface area contributed by atoms with E-state index in [1.54, 1.807) is 0 Å². The Morgan fingerprint density at radius 3 is 2.68 bits per heavy atom. The minimum Gasteiger partial charge on any atom is -0.459 e. The standard InChI is InChI=1S/C15H16N4O2S/c1-8-4-5-10(20-8)13-17-9(2)11(22-13)12-18-14(19-21-12)15(16)6-3-7-15/h4-5H,3,6-7,16H2,1-2H3. The molecule has 3 heterocycles. The average Bonchev–Trinajstić information content (AvgIpc) is 3.15. The van der Waals surface area contributed by atoms with Crippen LogP contribution >= 0.6 is 11.3 Å². The monoisotopic (exact) mass is 316 g/mol. The maximum atomic E-state index is 6.24. The van der Waals surface area contributed by atoms with Gasteiger partial charge in [-0.25, -0.2) is 4.98 Å². The molecule has 7 heteroatoms. The zero-order chi connectivity index (χ0) is 15.3. The predicted octanol–water partition coefficient (Wildman–Crippen LogP) is 3.41. The van der Waals surface area contributed by atoms with Gasteiger partial charge in [0.2, 0.25) is 0 Å². The van der Waals surface area contributed by atoms with Crippen LogP contribution in [0.5, 0.6) is 0 Å². The van der Waals surface area contributed by atoms with E-state index in [1.807, 2.05) is 26.0 Å². The molecule has 4 rings (SSSR count). The fourth-order valence-electron chi connectivity index (χ4n) is 2.55. The highest BCUT2D eigenvalue weighted by Crippen LogP contribution is 2.39. The molecule has 0 amide bonds. The first-order chi connectivity index (χ1) is 10.5. The van der Waals surface area contributed by atoms with Crippen LogP contribution in [-0.4, -0.2) is 15.1 Å². The molecular formula is C15H16N4O2S. The van der Waals surface area contributed by atoms with E-state index in [0.29, 0.717) is 11.7 Å².